The van der Waals surface area contributed by atoms with Crippen molar-refractivity contribution in [2.24, 2.45) is 0 Å². The van der Waals surface area contributed by atoms with E-state index < -0.39 is 10.9 Å². The monoisotopic (exact) mass is 403 g/mol. The fraction of sp³-hybridized carbons (Fsp3) is 0. The fourth-order valence-electron chi connectivity index (χ4n) is 2.93. The van der Waals surface area contributed by atoms with Crippen LogP contribution < -0.4 is 4.74 Å². The lowest BCUT2D eigenvalue weighted by molar-refractivity contribution is -0.385. The number of benzene rings is 3. The van der Waals surface area contributed by atoms with Gasteiger partial charge in [0.1, 0.15) is 11.3 Å². The summed E-state index contributed by atoms with van der Waals surface area (Å²) in [6.07, 6.45) is 1.66. The van der Waals surface area contributed by atoms with Crippen molar-refractivity contribution in [2.75, 3.05) is 0 Å². The van der Waals surface area contributed by atoms with E-state index in [1.807, 2.05) is 18.2 Å². The van der Waals surface area contributed by atoms with E-state index in [2.05, 4.69) is 0 Å². The van der Waals surface area contributed by atoms with E-state index >= 15 is 0 Å². The number of hydrogen-bond acceptors (Lipinski definition) is 6. The number of thioether (sulfide) groups is 1. The van der Waals surface area contributed by atoms with Crippen LogP contribution in [0.15, 0.2) is 82.6 Å². The van der Waals surface area contributed by atoms with Gasteiger partial charge < -0.3 is 4.74 Å². The van der Waals surface area contributed by atoms with Crippen LogP contribution in [0, 0.1) is 10.1 Å². The van der Waals surface area contributed by atoms with Crippen molar-refractivity contribution in [1.82, 2.24) is 0 Å². The average Bonchev–Trinajstić information content (AvgIpc) is 3.05. The molecule has 6 nitrogen and oxygen atoms in total. The first-order valence-corrected chi connectivity index (χ1v) is 9.44. The number of fused-ring (bicyclic) bond motifs is 1. The van der Waals surface area contributed by atoms with Gasteiger partial charge in [0.2, 0.25) is 5.78 Å². The molecule has 29 heavy (non-hydrogen) atoms. The molecule has 0 bridgehead atoms. The Kier molecular flexibility index (Phi) is 4.97. The Morgan fingerprint density at radius 3 is 2.45 bits per heavy atom. The lowest BCUT2D eigenvalue weighted by atomic mass is 10.1. The van der Waals surface area contributed by atoms with Crippen LogP contribution in [0.4, 0.5) is 5.69 Å². The maximum Gasteiger partial charge on any atom is 0.350 e. The molecule has 0 saturated heterocycles. The normalized spacial score (nSPS) is 13.9. The highest BCUT2D eigenvalue weighted by atomic mass is 32.2. The zero-order valence-corrected chi connectivity index (χ0v) is 15.7. The third-order valence-corrected chi connectivity index (χ3v) is 5.40. The number of esters is 1. The Morgan fingerprint density at radius 2 is 1.66 bits per heavy atom. The number of nitro groups is 1. The molecule has 0 spiro atoms. The van der Waals surface area contributed by atoms with Crippen molar-refractivity contribution in [2.45, 2.75) is 4.90 Å². The molecule has 3 aromatic rings. The molecule has 0 radical (unpaired) electrons. The number of hydrogen-bond donors (Lipinski definition) is 0. The number of nitrogens with zero attached hydrogens (tertiary/aromatic N) is 1. The lowest BCUT2D eigenvalue weighted by Gasteiger charge is -2.08. The van der Waals surface area contributed by atoms with Gasteiger partial charge in [0.25, 0.3) is 5.69 Å². The second kappa shape index (κ2) is 7.73. The SMILES string of the molecule is O=C1/C(=C\c2ccccc2OC(=O)c2ccccc2[N+](=O)[O-])Sc2ccccc21. The molecule has 0 aromatic heterocycles. The predicted molar refractivity (Wildman–Crippen MR) is 109 cm³/mol. The Bertz CT molecular complexity index is 1190. The van der Waals surface area contributed by atoms with Crippen molar-refractivity contribution in [3.05, 3.63) is 105 Å². The molecule has 0 aliphatic carbocycles. The Labute approximate surface area is 170 Å². The van der Waals surface area contributed by atoms with Gasteiger partial charge in [-0.25, -0.2) is 4.79 Å². The lowest BCUT2D eigenvalue weighted by Crippen LogP contribution is -2.11. The van der Waals surface area contributed by atoms with Gasteiger partial charge in [0, 0.05) is 22.1 Å². The van der Waals surface area contributed by atoms with E-state index in [9.17, 15) is 19.7 Å². The largest absolute Gasteiger partial charge is 0.422 e. The number of rotatable bonds is 4. The van der Waals surface area contributed by atoms with Gasteiger partial charge in [-0.2, -0.15) is 0 Å². The number of Topliss-reactive ketones (excluding diaryl/α,β-unsaturated/α-hetero) is 1. The minimum atomic E-state index is -0.836. The first kappa shape index (κ1) is 18.6. The second-order valence-electron chi connectivity index (χ2n) is 6.14. The van der Waals surface area contributed by atoms with Crippen molar-refractivity contribution in [1.29, 1.82) is 0 Å². The highest BCUT2D eigenvalue weighted by molar-refractivity contribution is 8.04. The number of nitro benzene ring substituents is 1. The molecule has 0 N–H and O–H groups in total. The summed E-state index contributed by atoms with van der Waals surface area (Å²) in [5.41, 5.74) is 0.699. The highest BCUT2D eigenvalue weighted by Gasteiger charge is 2.26. The van der Waals surface area contributed by atoms with Crippen LogP contribution in [0.2, 0.25) is 0 Å². The molecule has 0 fully saturated rings. The van der Waals surface area contributed by atoms with Crippen LogP contribution >= 0.6 is 11.8 Å². The molecule has 0 amide bonds. The van der Waals surface area contributed by atoms with Crippen LogP contribution in [0.1, 0.15) is 26.3 Å². The Balaban J connectivity index is 1.65. The van der Waals surface area contributed by atoms with Crippen molar-refractivity contribution >= 4 is 35.3 Å². The highest BCUT2D eigenvalue weighted by Crippen LogP contribution is 2.41. The molecule has 142 valence electrons. The fourth-order valence-corrected chi connectivity index (χ4v) is 3.97. The van der Waals surface area contributed by atoms with Gasteiger partial charge in [-0.05, 0) is 30.3 Å². The molecule has 0 atom stereocenters. The van der Waals surface area contributed by atoms with Crippen LogP contribution in [0.25, 0.3) is 6.08 Å². The Hall–Kier alpha value is -3.71. The molecule has 4 rings (SSSR count). The van der Waals surface area contributed by atoms with Gasteiger partial charge >= 0.3 is 5.97 Å². The summed E-state index contributed by atoms with van der Waals surface area (Å²) >= 11 is 1.35. The molecular weight excluding hydrogens is 390 g/mol. The number of carbonyl (C=O) groups excluding carboxylic acids is 2. The summed E-state index contributed by atoms with van der Waals surface area (Å²) < 4.78 is 5.44. The van der Waals surface area contributed by atoms with Crippen LogP contribution in [-0.4, -0.2) is 16.7 Å². The molecular formula is C22H13NO5S. The molecule has 7 heteroatoms. The molecule has 1 aliphatic rings. The number of ketones is 1. The molecule has 0 unspecified atom stereocenters. The van der Waals surface area contributed by atoms with E-state index in [-0.39, 0.29) is 22.8 Å². The standard InChI is InChI=1S/C22H13NO5S/c24-21-16-9-3-6-12-19(16)29-20(21)13-14-7-1-5-11-18(14)28-22(25)15-8-2-4-10-17(15)23(26)27/h1-13H/b20-13+. The first-order chi connectivity index (χ1) is 14.0. The smallest absolute Gasteiger partial charge is 0.350 e. The average molecular weight is 403 g/mol. The van der Waals surface area contributed by atoms with Crippen LogP contribution in [-0.2, 0) is 0 Å². The van der Waals surface area contributed by atoms with Gasteiger partial charge in [0.05, 0.1) is 9.83 Å². The number of allylic oxidation sites excluding steroid dienone is 1. The first-order valence-electron chi connectivity index (χ1n) is 8.62. The van der Waals surface area contributed by atoms with Crippen molar-refractivity contribution in [3.63, 3.8) is 0 Å². The zero-order chi connectivity index (χ0) is 20.4. The van der Waals surface area contributed by atoms with Gasteiger partial charge in [-0.3, -0.25) is 14.9 Å². The summed E-state index contributed by atoms with van der Waals surface area (Å²) in [6, 6.07) is 19.6. The van der Waals surface area contributed by atoms with E-state index in [1.165, 1.54) is 36.0 Å². The summed E-state index contributed by atoms with van der Waals surface area (Å²) in [6.45, 7) is 0. The molecule has 1 aliphatic heterocycles. The summed E-state index contributed by atoms with van der Waals surface area (Å²) in [5.74, 6) is -0.713. The number of ether oxygens (including phenoxy) is 1. The molecule has 1 heterocycles. The minimum absolute atomic E-state index is 0.0922. The molecule has 3 aromatic carbocycles. The third kappa shape index (κ3) is 3.68. The minimum Gasteiger partial charge on any atom is -0.422 e. The summed E-state index contributed by atoms with van der Waals surface area (Å²) in [4.78, 5) is 37.1. The number of carbonyl (C=O) groups is 2. The van der Waals surface area contributed by atoms with Crippen LogP contribution in [0.5, 0.6) is 5.75 Å². The van der Waals surface area contributed by atoms with Gasteiger partial charge in [0.15, 0.2) is 0 Å². The summed E-state index contributed by atoms with van der Waals surface area (Å²) in [5, 5.41) is 11.2. The van der Waals surface area contributed by atoms with E-state index in [0.29, 0.717) is 16.0 Å². The zero-order valence-electron chi connectivity index (χ0n) is 14.9. The maximum absolute atomic E-state index is 12.6. The van der Waals surface area contributed by atoms with Gasteiger partial charge in [-0.15, -0.1) is 0 Å². The van der Waals surface area contributed by atoms with E-state index in [0.717, 1.165) is 4.90 Å². The topological polar surface area (TPSA) is 86.5 Å². The number of para-hydroxylation sites is 2. The summed E-state index contributed by atoms with van der Waals surface area (Å²) in [7, 11) is 0. The maximum atomic E-state index is 12.6. The van der Waals surface area contributed by atoms with E-state index in [1.54, 1.807) is 36.4 Å². The second-order valence-corrected chi connectivity index (χ2v) is 7.22. The molecule has 0 saturated carbocycles. The third-order valence-electron chi connectivity index (χ3n) is 4.30. The van der Waals surface area contributed by atoms with Crippen LogP contribution in [0.3, 0.4) is 0 Å². The van der Waals surface area contributed by atoms with E-state index in [4.69, 9.17) is 4.74 Å². The van der Waals surface area contributed by atoms with Crippen molar-refractivity contribution < 1.29 is 19.2 Å². The van der Waals surface area contributed by atoms with Crippen molar-refractivity contribution in [3.8, 4) is 5.75 Å². The van der Waals surface area contributed by atoms with Gasteiger partial charge in [-0.1, -0.05) is 54.2 Å². The Morgan fingerprint density at radius 1 is 0.966 bits per heavy atom. The predicted octanol–water partition coefficient (Wildman–Crippen LogP) is 5.14. The quantitative estimate of drug-likeness (QED) is 0.197.